The van der Waals surface area contributed by atoms with Crippen LogP contribution < -0.4 is 0 Å². The quantitative estimate of drug-likeness (QED) is 0.687. The van der Waals surface area contributed by atoms with Crippen molar-refractivity contribution in [3.8, 4) is 0 Å². The highest BCUT2D eigenvalue weighted by Crippen LogP contribution is 2.39. The van der Waals surface area contributed by atoms with Crippen LogP contribution in [-0.2, 0) is 6.18 Å². The molecule has 1 nitrogen and oxygen atoms in total. The number of alkyl halides is 3. The summed E-state index contributed by atoms with van der Waals surface area (Å²) in [7, 11) is 0. The van der Waals surface area contributed by atoms with E-state index in [0.29, 0.717) is 17.0 Å². The third kappa shape index (κ3) is 1.70. The first-order chi connectivity index (χ1) is 6.07. The van der Waals surface area contributed by atoms with Crippen LogP contribution in [0, 0.1) is 0 Å². The average Bonchev–Trinajstić information content (AvgIpc) is 2.29. The van der Waals surface area contributed by atoms with E-state index in [1.807, 2.05) is 0 Å². The summed E-state index contributed by atoms with van der Waals surface area (Å²) in [6, 6.07) is 0. The number of hydrogen-bond donors (Lipinski definition) is 0. The second kappa shape index (κ2) is 2.97. The van der Waals surface area contributed by atoms with E-state index in [2.05, 4.69) is 4.98 Å². The molecule has 0 N–H and O–H groups in total. The number of nitrogens with zero attached hydrogens (tertiary/aromatic N) is 1. The molecule has 0 amide bonds. The predicted molar refractivity (Wildman–Crippen MR) is 43.7 cm³/mol. The fraction of sp³-hybridized carbons (Fsp3) is 0.625. The molecule has 1 aliphatic rings. The van der Waals surface area contributed by atoms with Crippen molar-refractivity contribution in [2.45, 2.75) is 31.4 Å². The topological polar surface area (TPSA) is 12.9 Å². The number of aromatic nitrogens is 1. The van der Waals surface area contributed by atoms with E-state index in [9.17, 15) is 13.2 Å². The van der Waals surface area contributed by atoms with E-state index in [0.717, 1.165) is 19.3 Å². The normalized spacial score (nSPS) is 18.7. The summed E-state index contributed by atoms with van der Waals surface area (Å²) in [5, 5.41) is 0.821. The van der Waals surface area contributed by atoms with Gasteiger partial charge in [0.1, 0.15) is 0 Å². The Hall–Kier alpha value is -0.580. The Morgan fingerprint density at radius 1 is 1.38 bits per heavy atom. The highest BCUT2D eigenvalue weighted by molar-refractivity contribution is 7.09. The van der Waals surface area contributed by atoms with Gasteiger partial charge >= 0.3 is 6.18 Å². The van der Waals surface area contributed by atoms with Gasteiger partial charge in [0.15, 0.2) is 5.01 Å². The zero-order chi connectivity index (χ0) is 9.47. The van der Waals surface area contributed by atoms with Gasteiger partial charge < -0.3 is 0 Å². The van der Waals surface area contributed by atoms with Crippen LogP contribution in [-0.4, -0.2) is 4.98 Å². The van der Waals surface area contributed by atoms with Gasteiger partial charge in [-0.05, 0) is 12.8 Å². The molecule has 5 heteroatoms. The second-order valence-electron chi connectivity index (χ2n) is 3.20. The Kier molecular flexibility index (Phi) is 2.06. The van der Waals surface area contributed by atoms with Gasteiger partial charge in [0.2, 0.25) is 0 Å². The molecule has 1 saturated carbocycles. The largest absolute Gasteiger partial charge is 0.443 e. The summed E-state index contributed by atoms with van der Waals surface area (Å²) in [6.07, 6.45) is -1.18. The summed E-state index contributed by atoms with van der Waals surface area (Å²) in [6.45, 7) is 0. The van der Waals surface area contributed by atoms with Gasteiger partial charge in [0.25, 0.3) is 0 Å². The molecule has 0 aliphatic heterocycles. The molecular formula is C8H8F3NS. The first-order valence-corrected chi connectivity index (χ1v) is 4.98. The lowest BCUT2D eigenvalue weighted by molar-refractivity contribution is -0.137. The Balaban J connectivity index is 2.17. The lowest BCUT2D eigenvalue weighted by atomic mass is 9.83. The van der Waals surface area contributed by atoms with Crippen LogP contribution in [0.25, 0.3) is 0 Å². The van der Waals surface area contributed by atoms with Gasteiger partial charge in [-0.2, -0.15) is 13.2 Å². The smallest absolute Gasteiger partial charge is 0.237 e. The van der Waals surface area contributed by atoms with E-state index in [1.165, 1.54) is 5.38 Å². The highest BCUT2D eigenvalue weighted by atomic mass is 32.1. The third-order valence-electron chi connectivity index (χ3n) is 2.29. The maximum atomic E-state index is 12.1. The number of rotatable bonds is 1. The Morgan fingerprint density at radius 3 is 2.46 bits per heavy atom. The molecular weight excluding hydrogens is 199 g/mol. The molecule has 1 aromatic rings. The summed E-state index contributed by atoms with van der Waals surface area (Å²) < 4.78 is 36.4. The molecule has 72 valence electrons. The van der Waals surface area contributed by atoms with Crippen molar-refractivity contribution in [2.75, 3.05) is 0 Å². The van der Waals surface area contributed by atoms with Crippen LogP contribution in [0.5, 0.6) is 0 Å². The molecule has 2 rings (SSSR count). The van der Waals surface area contributed by atoms with Gasteiger partial charge in [-0.15, -0.1) is 11.3 Å². The van der Waals surface area contributed by atoms with Crippen molar-refractivity contribution in [1.82, 2.24) is 4.98 Å². The minimum Gasteiger partial charge on any atom is -0.237 e. The summed E-state index contributed by atoms with van der Waals surface area (Å²) >= 11 is 0.698. The van der Waals surface area contributed by atoms with Crippen molar-refractivity contribution in [1.29, 1.82) is 0 Å². The molecule has 0 atom stereocenters. The van der Waals surface area contributed by atoms with Crippen molar-refractivity contribution in [3.63, 3.8) is 0 Å². The van der Waals surface area contributed by atoms with Crippen LogP contribution >= 0.6 is 11.3 Å². The molecule has 1 aromatic heterocycles. The molecule has 0 bridgehead atoms. The van der Waals surface area contributed by atoms with E-state index in [1.54, 1.807) is 0 Å². The van der Waals surface area contributed by atoms with Gasteiger partial charge in [-0.1, -0.05) is 6.42 Å². The van der Waals surface area contributed by atoms with Crippen LogP contribution in [0.3, 0.4) is 0 Å². The molecule has 13 heavy (non-hydrogen) atoms. The number of hydrogen-bond acceptors (Lipinski definition) is 2. The molecule has 0 saturated heterocycles. The minimum atomic E-state index is -4.27. The van der Waals surface area contributed by atoms with Crippen molar-refractivity contribution in [2.24, 2.45) is 0 Å². The number of thiazole rings is 1. The van der Waals surface area contributed by atoms with Crippen LogP contribution in [0.15, 0.2) is 5.38 Å². The van der Waals surface area contributed by atoms with E-state index < -0.39 is 11.2 Å². The first kappa shape index (κ1) is 8.99. The Labute approximate surface area is 77.6 Å². The molecule has 1 aliphatic carbocycles. The van der Waals surface area contributed by atoms with Crippen molar-refractivity contribution < 1.29 is 13.2 Å². The maximum Gasteiger partial charge on any atom is 0.443 e. The molecule has 0 aromatic carbocycles. The first-order valence-electron chi connectivity index (χ1n) is 4.10. The Bertz CT molecular complexity index is 301. The van der Waals surface area contributed by atoms with Gasteiger partial charge in [0.05, 0.1) is 5.69 Å². The molecule has 1 fully saturated rings. The van der Waals surface area contributed by atoms with Gasteiger partial charge in [0, 0.05) is 11.3 Å². The van der Waals surface area contributed by atoms with E-state index in [4.69, 9.17) is 0 Å². The van der Waals surface area contributed by atoms with Crippen LogP contribution in [0.1, 0.15) is 35.9 Å². The minimum absolute atomic E-state index is 0.285. The fourth-order valence-corrected chi connectivity index (χ4v) is 2.08. The van der Waals surface area contributed by atoms with E-state index >= 15 is 0 Å². The number of halogens is 3. The predicted octanol–water partition coefficient (Wildman–Crippen LogP) is 3.43. The lowest BCUT2D eigenvalue weighted by Crippen LogP contribution is -2.10. The molecule has 1 heterocycles. The summed E-state index contributed by atoms with van der Waals surface area (Å²) in [5.74, 6) is 0.285. The zero-order valence-corrected chi connectivity index (χ0v) is 7.58. The average molecular weight is 207 g/mol. The lowest BCUT2D eigenvalue weighted by Gasteiger charge is -2.23. The molecule has 0 unspecified atom stereocenters. The monoisotopic (exact) mass is 207 g/mol. The Morgan fingerprint density at radius 2 is 2.08 bits per heavy atom. The molecule has 0 radical (unpaired) electrons. The SMILES string of the molecule is FC(F)(F)c1nc(C2CCC2)cs1. The van der Waals surface area contributed by atoms with Crippen LogP contribution in [0.4, 0.5) is 13.2 Å². The summed E-state index contributed by atoms with van der Waals surface area (Å²) in [5.41, 5.74) is 0.628. The summed E-state index contributed by atoms with van der Waals surface area (Å²) in [4.78, 5) is 3.60. The van der Waals surface area contributed by atoms with Crippen LogP contribution in [0.2, 0.25) is 0 Å². The second-order valence-corrected chi connectivity index (χ2v) is 4.06. The van der Waals surface area contributed by atoms with Crippen molar-refractivity contribution in [3.05, 3.63) is 16.1 Å². The zero-order valence-electron chi connectivity index (χ0n) is 6.77. The van der Waals surface area contributed by atoms with Gasteiger partial charge in [-0.3, -0.25) is 0 Å². The van der Waals surface area contributed by atoms with E-state index in [-0.39, 0.29) is 5.92 Å². The highest BCUT2D eigenvalue weighted by Gasteiger charge is 2.35. The van der Waals surface area contributed by atoms with Gasteiger partial charge in [-0.25, -0.2) is 4.98 Å². The third-order valence-corrected chi connectivity index (χ3v) is 3.19. The molecule has 0 spiro atoms. The fourth-order valence-electron chi connectivity index (χ4n) is 1.31. The van der Waals surface area contributed by atoms with Crippen molar-refractivity contribution >= 4 is 11.3 Å². The maximum absolute atomic E-state index is 12.1. The standard InChI is InChI=1S/C8H8F3NS/c9-8(10,11)7-12-6(4-13-7)5-2-1-3-5/h4-5H,1-3H2.